The molecule has 0 spiro atoms. The molecule has 6 heteroatoms. The van der Waals surface area contributed by atoms with Gasteiger partial charge in [-0.1, -0.05) is 48.7 Å². The van der Waals surface area contributed by atoms with E-state index < -0.39 is 6.10 Å². The van der Waals surface area contributed by atoms with E-state index in [0.717, 1.165) is 13.1 Å². The fourth-order valence-electron chi connectivity index (χ4n) is 1.73. The number of aliphatic hydroxyl groups excluding tert-OH is 1. The second-order valence-corrected chi connectivity index (χ2v) is 5.49. The quantitative estimate of drug-likeness (QED) is 0.749. The normalized spacial score (nSPS) is 12.8. The summed E-state index contributed by atoms with van der Waals surface area (Å²) < 4.78 is 0. The van der Waals surface area contributed by atoms with Crippen molar-refractivity contribution in [2.24, 2.45) is 0 Å². The van der Waals surface area contributed by atoms with Crippen molar-refractivity contribution in [2.75, 3.05) is 31.5 Å². The smallest absolute Gasteiger partial charge is 0.0839 e. The zero-order valence-corrected chi connectivity index (χ0v) is 13.4. The molecular weight excluding hydrogens is 307 g/mol. The van der Waals surface area contributed by atoms with Crippen LogP contribution >= 0.6 is 34.8 Å². The van der Waals surface area contributed by atoms with Gasteiger partial charge in [0.05, 0.1) is 26.9 Å². The number of hydrogen-bond donors (Lipinski definition) is 2. The van der Waals surface area contributed by atoms with Gasteiger partial charge in [0.1, 0.15) is 0 Å². The van der Waals surface area contributed by atoms with Gasteiger partial charge in [-0.05, 0) is 25.2 Å². The minimum atomic E-state index is -0.467. The van der Waals surface area contributed by atoms with Crippen LogP contribution in [0.4, 0.5) is 5.69 Å². The number of likely N-dealkylation sites (N-methyl/N-ethyl adjacent to an activating group) is 1. The molecule has 0 amide bonds. The average molecular weight is 326 g/mol. The first-order valence-corrected chi connectivity index (χ1v) is 7.40. The van der Waals surface area contributed by atoms with Crippen LogP contribution in [-0.2, 0) is 0 Å². The summed E-state index contributed by atoms with van der Waals surface area (Å²) in [6, 6.07) is 3.25. The number of halogens is 3. The Bertz CT molecular complexity index is 411. The first-order valence-electron chi connectivity index (χ1n) is 6.26. The van der Waals surface area contributed by atoms with Crippen LogP contribution in [0, 0.1) is 0 Å². The molecule has 1 aromatic rings. The second kappa shape index (κ2) is 8.18. The lowest BCUT2D eigenvalue weighted by Gasteiger charge is -2.22. The molecule has 0 saturated heterocycles. The molecule has 0 aliphatic heterocycles. The van der Waals surface area contributed by atoms with Crippen LogP contribution in [0.3, 0.4) is 0 Å². The minimum Gasteiger partial charge on any atom is -0.390 e. The summed E-state index contributed by atoms with van der Waals surface area (Å²) in [6.07, 6.45) is -0.467. The monoisotopic (exact) mass is 324 g/mol. The first-order chi connectivity index (χ1) is 8.97. The molecule has 0 saturated carbocycles. The average Bonchev–Trinajstić information content (AvgIpc) is 2.38. The molecule has 108 valence electrons. The Kier molecular flexibility index (Phi) is 7.26. The topological polar surface area (TPSA) is 35.5 Å². The summed E-state index contributed by atoms with van der Waals surface area (Å²) in [5, 5.41) is 14.4. The Morgan fingerprint density at radius 1 is 1.11 bits per heavy atom. The molecule has 0 heterocycles. The second-order valence-electron chi connectivity index (χ2n) is 4.27. The van der Waals surface area contributed by atoms with Crippen LogP contribution in [0.5, 0.6) is 0 Å². The number of aliphatic hydroxyl groups is 1. The summed E-state index contributed by atoms with van der Waals surface area (Å²) in [4.78, 5) is 2.16. The van der Waals surface area contributed by atoms with Gasteiger partial charge in [-0.2, -0.15) is 0 Å². The van der Waals surface area contributed by atoms with E-state index in [9.17, 15) is 5.11 Å². The predicted octanol–water partition coefficient (Wildman–Crippen LogP) is 3.76. The van der Waals surface area contributed by atoms with E-state index in [1.165, 1.54) is 0 Å². The lowest BCUT2D eigenvalue weighted by molar-refractivity contribution is 0.128. The van der Waals surface area contributed by atoms with Crippen molar-refractivity contribution in [1.82, 2.24) is 4.90 Å². The summed E-state index contributed by atoms with van der Waals surface area (Å²) in [7, 11) is 0. The summed E-state index contributed by atoms with van der Waals surface area (Å²) in [5.74, 6) is 0. The van der Waals surface area contributed by atoms with Crippen LogP contribution < -0.4 is 5.32 Å². The molecule has 1 rings (SSSR count). The summed E-state index contributed by atoms with van der Waals surface area (Å²) in [5.41, 5.74) is 0.676. The van der Waals surface area contributed by atoms with Crippen LogP contribution in [0.25, 0.3) is 0 Å². The zero-order chi connectivity index (χ0) is 14.4. The van der Waals surface area contributed by atoms with E-state index in [0.29, 0.717) is 33.8 Å². The Balaban J connectivity index is 2.55. The van der Waals surface area contributed by atoms with Gasteiger partial charge >= 0.3 is 0 Å². The molecule has 1 unspecified atom stereocenters. The fourth-order valence-corrected chi connectivity index (χ4v) is 2.34. The van der Waals surface area contributed by atoms with Gasteiger partial charge in [0.2, 0.25) is 0 Å². The highest BCUT2D eigenvalue weighted by molar-refractivity contribution is 6.44. The highest BCUT2D eigenvalue weighted by Crippen LogP contribution is 2.32. The molecule has 2 N–H and O–H groups in total. The fraction of sp³-hybridized carbons (Fsp3) is 0.538. The summed E-state index contributed by atoms with van der Waals surface area (Å²) >= 11 is 17.8. The van der Waals surface area contributed by atoms with Crippen molar-refractivity contribution in [1.29, 1.82) is 0 Å². The van der Waals surface area contributed by atoms with Crippen molar-refractivity contribution >= 4 is 40.5 Å². The molecule has 0 aromatic heterocycles. The third-order valence-electron chi connectivity index (χ3n) is 2.90. The van der Waals surface area contributed by atoms with Gasteiger partial charge < -0.3 is 15.3 Å². The van der Waals surface area contributed by atoms with Gasteiger partial charge in [-0.3, -0.25) is 0 Å². The van der Waals surface area contributed by atoms with E-state index >= 15 is 0 Å². The first kappa shape index (κ1) is 16.9. The van der Waals surface area contributed by atoms with Crippen molar-refractivity contribution in [3.63, 3.8) is 0 Å². The van der Waals surface area contributed by atoms with Gasteiger partial charge in [0.25, 0.3) is 0 Å². The molecule has 0 fully saturated rings. The van der Waals surface area contributed by atoms with Gasteiger partial charge in [-0.25, -0.2) is 0 Å². The van der Waals surface area contributed by atoms with E-state index in [4.69, 9.17) is 34.8 Å². The number of rotatable bonds is 7. The SMILES string of the molecule is CCN(CC)CC(O)CNc1cc(Cl)c(Cl)cc1Cl. The maximum absolute atomic E-state index is 9.95. The third-order valence-corrected chi connectivity index (χ3v) is 3.94. The van der Waals surface area contributed by atoms with Crippen molar-refractivity contribution in [3.05, 3.63) is 27.2 Å². The number of nitrogens with one attached hydrogen (secondary N) is 1. The highest BCUT2D eigenvalue weighted by Gasteiger charge is 2.11. The maximum atomic E-state index is 9.95. The third kappa shape index (κ3) is 5.36. The molecule has 19 heavy (non-hydrogen) atoms. The van der Waals surface area contributed by atoms with E-state index in [1.807, 2.05) is 0 Å². The molecule has 0 bridgehead atoms. The maximum Gasteiger partial charge on any atom is 0.0839 e. The molecular formula is C13H19Cl3N2O. The molecule has 3 nitrogen and oxygen atoms in total. The Morgan fingerprint density at radius 2 is 1.68 bits per heavy atom. The molecule has 0 aliphatic rings. The largest absolute Gasteiger partial charge is 0.390 e. The van der Waals surface area contributed by atoms with Crippen molar-refractivity contribution < 1.29 is 5.11 Å². The Hall–Kier alpha value is -0.190. The lowest BCUT2D eigenvalue weighted by Crippen LogP contribution is -2.35. The number of anilines is 1. The van der Waals surface area contributed by atoms with Crippen LogP contribution in [0.1, 0.15) is 13.8 Å². The number of benzene rings is 1. The number of hydrogen-bond acceptors (Lipinski definition) is 3. The van der Waals surface area contributed by atoms with Gasteiger partial charge in [0.15, 0.2) is 0 Å². The zero-order valence-electron chi connectivity index (χ0n) is 11.1. The molecule has 0 aliphatic carbocycles. The van der Waals surface area contributed by atoms with Crippen LogP contribution in [0.2, 0.25) is 15.1 Å². The molecule has 0 radical (unpaired) electrons. The highest BCUT2D eigenvalue weighted by atomic mass is 35.5. The van der Waals surface area contributed by atoms with E-state index in [2.05, 4.69) is 24.1 Å². The standard InChI is InChI=1S/C13H19Cl3N2O/c1-3-18(4-2)8-9(19)7-17-13-6-11(15)10(14)5-12(13)16/h5-6,9,17,19H,3-4,7-8H2,1-2H3. The lowest BCUT2D eigenvalue weighted by atomic mass is 10.2. The van der Waals surface area contributed by atoms with Crippen LogP contribution in [0.15, 0.2) is 12.1 Å². The Morgan fingerprint density at radius 3 is 2.26 bits per heavy atom. The van der Waals surface area contributed by atoms with E-state index in [-0.39, 0.29) is 0 Å². The van der Waals surface area contributed by atoms with Gasteiger partial charge in [-0.15, -0.1) is 0 Å². The Labute approximate surface area is 129 Å². The van der Waals surface area contributed by atoms with Crippen molar-refractivity contribution in [3.8, 4) is 0 Å². The van der Waals surface area contributed by atoms with E-state index in [1.54, 1.807) is 12.1 Å². The summed E-state index contributed by atoms with van der Waals surface area (Å²) in [6.45, 7) is 7.01. The van der Waals surface area contributed by atoms with Crippen molar-refractivity contribution in [2.45, 2.75) is 20.0 Å². The molecule has 1 aromatic carbocycles. The minimum absolute atomic E-state index is 0.411. The number of nitrogens with zero attached hydrogens (tertiary/aromatic N) is 1. The van der Waals surface area contributed by atoms with Crippen LogP contribution in [-0.4, -0.2) is 42.3 Å². The predicted molar refractivity (Wildman–Crippen MR) is 83.8 cm³/mol. The molecule has 1 atom stereocenters. The van der Waals surface area contributed by atoms with Gasteiger partial charge in [0, 0.05) is 13.1 Å².